The molecular weight excluding hydrogens is 383 g/mol. The Bertz CT molecular complexity index is 607. The van der Waals surface area contributed by atoms with E-state index in [1.807, 2.05) is 45.0 Å². The van der Waals surface area contributed by atoms with Crippen molar-refractivity contribution in [3.8, 4) is 17.8 Å². The molecule has 0 saturated carbocycles. The van der Waals surface area contributed by atoms with Gasteiger partial charge in [-0.1, -0.05) is 12.1 Å². The van der Waals surface area contributed by atoms with Crippen LogP contribution in [0, 0.1) is 3.57 Å². The molecular formula is C14H17IN4O2. The second-order valence-corrected chi connectivity index (χ2v) is 5.62. The van der Waals surface area contributed by atoms with E-state index in [1.165, 1.54) is 0 Å². The smallest absolute Gasteiger partial charge is 0.330 e. The van der Waals surface area contributed by atoms with Crippen molar-refractivity contribution in [2.75, 3.05) is 11.9 Å². The van der Waals surface area contributed by atoms with Crippen LogP contribution in [0.2, 0.25) is 0 Å². The number of para-hydroxylation sites is 1. The highest BCUT2D eigenvalue weighted by Gasteiger charge is 2.11. The first-order chi connectivity index (χ1) is 10.1. The second kappa shape index (κ2) is 7.39. The fraction of sp³-hybridized carbons (Fsp3) is 0.357. The van der Waals surface area contributed by atoms with Gasteiger partial charge in [0.15, 0.2) is 0 Å². The van der Waals surface area contributed by atoms with Gasteiger partial charge in [0, 0.05) is 6.54 Å². The molecule has 7 heteroatoms. The highest BCUT2D eigenvalue weighted by molar-refractivity contribution is 14.1. The zero-order chi connectivity index (χ0) is 15.2. The van der Waals surface area contributed by atoms with Crippen LogP contribution in [0.25, 0.3) is 0 Å². The number of benzene rings is 1. The highest BCUT2D eigenvalue weighted by Crippen LogP contribution is 2.25. The van der Waals surface area contributed by atoms with E-state index < -0.39 is 0 Å². The molecule has 1 aromatic carbocycles. The molecule has 0 spiro atoms. The summed E-state index contributed by atoms with van der Waals surface area (Å²) < 4.78 is 12.2. The molecule has 0 unspecified atom stereocenters. The van der Waals surface area contributed by atoms with Crippen molar-refractivity contribution < 1.29 is 9.47 Å². The summed E-state index contributed by atoms with van der Waals surface area (Å²) in [6, 6.07) is 8.11. The van der Waals surface area contributed by atoms with Crippen molar-refractivity contribution in [2.45, 2.75) is 26.9 Å². The number of halogens is 1. The van der Waals surface area contributed by atoms with E-state index >= 15 is 0 Å². The van der Waals surface area contributed by atoms with E-state index in [4.69, 9.17) is 9.47 Å². The third-order valence-corrected chi connectivity index (χ3v) is 3.20. The summed E-state index contributed by atoms with van der Waals surface area (Å²) in [4.78, 5) is 12.6. The molecule has 2 aromatic rings. The second-order valence-electron chi connectivity index (χ2n) is 4.45. The predicted molar refractivity (Wildman–Crippen MR) is 89.0 cm³/mol. The lowest BCUT2D eigenvalue weighted by molar-refractivity contribution is 0.218. The van der Waals surface area contributed by atoms with Crippen molar-refractivity contribution >= 4 is 28.5 Å². The van der Waals surface area contributed by atoms with Crippen LogP contribution in [-0.4, -0.2) is 27.6 Å². The molecule has 21 heavy (non-hydrogen) atoms. The number of hydrogen-bond acceptors (Lipinski definition) is 6. The van der Waals surface area contributed by atoms with E-state index in [0.717, 1.165) is 3.57 Å². The number of nitrogens with zero attached hydrogens (tertiary/aromatic N) is 3. The van der Waals surface area contributed by atoms with Gasteiger partial charge in [-0.3, -0.25) is 0 Å². The molecule has 1 aromatic heterocycles. The van der Waals surface area contributed by atoms with Gasteiger partial charge in [-0.05, 0) is 55.5 Å². The summed E-state index contributed by atoms with van der Waals surface area (Å²) in [5.41, 5.74) is 0. The van der Waals surface area contributed by atoms with Crippen LogP contribution in [0.15, 0.2) is 24.3 Å². The van der Waals surface area contributed by atoms with Gasteiger partial charge in [-0.2, -0.15) is 9.97 Å². The van der Waals surface area contributed by atoms with Crippen molar-refractivity contribution in [1.29, 1.82) is 0 Å². The summed E-state index contributed by atoms with van der Waals surface area (Å²) in [5.74, 6) is 1.13. The zero-order valence-corrected chi connectivity index (χ0v) is 14.3. The molecule has 0 aliphatic carbocycles. The summed E-state index contributed by atoms with van der Waals surface area (Å²) in [7, 11) is 0. The number of hydrogen-bond donors (Lipinski definition) is 1. The third-order valence-electron chi connectivity index (χ3n) is 2.31. The Balaban J connectivity index is 2.29. The average molecular weight is 400 g/mol. The van der Waals surface area contributed by atoms with Crippen LogP contribution >= 0.6 is 22.6 Å². The van der Waals surface area contributed by atoms with Crippen LogP contribution in [0.1, 0.15) is 20.8 Å². The summed E-state index contributed by atoms with van der Waals surface area (Å²) in [5, 5.41) is 3.04. The Kier molecular flexibility index (Phi) is 5.54. The Labute approximate surface area is 137 Å². The van der Waals surface area contributed by atoms with Crippen LogP contribution < -0.4 is 14.8 Å². The number of ether oxygens (including phenoxy) is 2. The minimum Gasteiger partial charge on any atom is -0.461 e. The van der Waals surface area contributed by atoms with Gasteiger partial charge in [0.2, 0.25) is 5.95 Å². The summed E-state index contributed by atoms with van der Waals surface area (Å²) in [6.45, 7) is 6.50. The Morgan fingerprint density at radius 3 is 2.52 bits per heavy atom. The van der Waals surface area contributed by atoms with Gasteiger partial charge in [-0.15, -0.1) is 4.98 Å². The lowest BCUT2D eigenvalue weighted by Crippen LogP contribution is -2.12. The highest BCUT2D eigenvalue weighted by atomic mass is 127. The molecule has 0 bridgehead atoms. The van der Waals surface area contributed by atoms with E-state index in [-0.39, 0.29) is 18.1 Å². The van der Waals surface area contributed by atoms with E-state index in [9.17, 15) is 0 Å². The quantitative estimate of drug-likeness (QED) is 0.749. The fourth-order valence-corrected chi connectivity index (χ4v) is 2.01. The van der Waals surface area contributed by atoms with Crippen molar-refractivity contribution in [3.63, 3.8) is 0 Å². The van der Waals surface area contributed by atoms with Gasteiger partial charge in [0.1, 0.15) is 5.75 Å². The maximum atomic E-state index is 5.73. The minimum absolute atomic E-state index is 0.0217. The molecule has 0 aliphatic heterocycles. The zero-order valence-electron chi connectivity index (χ0n) is 12.1. The fourth-order valence-electron chi connectivity index (χ4n) is 1.51. The predicted octanol–water partition coefficient (Wildman–Crippen LogP) is 3.49. The molecule has 0 atom stereocenters. The molecule has 0 fully saturated rings. The van der Waals surface area contributed by atoms with Crippen LogP contribution in [-0.2, 0) is 0 Å². The summed E-state index contributed by atoms with van der Waals surface area (Å²) in [6.07, 6.45) is -0.0217. The first-order valence-corrected chi connectivity index (χ1v) is 7.75. The van der Waals surface area contributed by atoms with E-state index in [1.54, 1.807) is 0 Å². The molecule has 2 rings (SSSR count). The van der Waals surface area contributed by atoms with Crippen LogP contribution in [0.3, 0.4) is 0 Å². The normalized spacial score (nSPS) is 10.5. The van der Waals surface area contributed by atoms with Gasteiger partial charge in [0.25, 0.3) is 0 Å². The first kappa shape index (κ1) is 15.7. The van der Waals surface area contributed by atoms with Crippen molar-refractivity contribution in [1.82, 2.24) is 15.0 Å². The molecule has 0 amide bonds. The maximum absolute atomic E-state index is 5.73. The standard InChI is InChI=1S/C14H17IN4O2/c1-4-16-12-17-13(20-9(2)3)19-14(18-12)21-11-8-6-5-7-10(11)15/h5-9H,4H2,1-3H3,(H,16,17,18,19). The van der Waals surface area contributed by atoms with Crippen molar-refractivity contribution in [3.05, 3.63) is 27.8 Å². The van der Waals surface area contributed by atoms with E-state index in [2.05, 4.69) is 42.9 Å². The van der Waals surface area contributed by atoms with Crippen LogP contribution in [0.5, 0.6) is 17.8 Å². The Morgan fingerprint density at radius 2 is 1.86 bits per heavy atom. The van der Waals surface area contributed by atoms with Gasteiger partial charge < -0.3 is 14.8 Å². The number of anilines is 1. The molecule has 112 valence electrons. The van der Waals surface area contributed by atoms with Crippen molar-refractivity contribution in [2.24, 2.45) is 0 Å². The molecule has 0 radical (unpaired) electrons. The molecule has 0 aliphatic rings. The van der Waals surface area contributed by atoms with E-state index in [0.29, 0.717) is 18.2 Å². The maximum Gasteiger partial charge on any atom is 0.330 e. The molecule has 1 heterocycles. The summed E-state index contributed by atoms with van der Waals surface area (Å²) >= 11 is 2.20. The minimum atomic E-state index is -0.0217. The topological polar surface area (TPSA) is 69.2 Å². The van der Waals surface area contributed by atoms with Gasteiger partial charge in [0.05, 0.1) is 9.67 Å². The van der Waals surface area contributed by atoms with Gasteiger partial charge in [-0.25, -0.2) is 0 Å². The monoisotopic (exact) mass is 400 g/mol. The number of nitrogens with one attached hydrogen (secondary N) is 1. The number of rotatable bonds is 6. The average Bonchev–Trinajstić information content (AvgIpc) is 2.41. The Hall–Kier alpha value is -1.64. The lowest BCUT2D eigenvalue weighted by atomic mass is 10.3. The molecule has 1 N–H and O–H groups in total. The molecule has 6 nitrogen and oxygen atoms in total. The SMILES string of the molecule is CCNc1nc(Oc2ccccc2I)nc(OC(C)C)n1. The Morgan fingerprint density at radius 1 is 1.14 bits per heavy atom. The largest absolute Gasteiger partial charge is 0.461 e. The number of aromatic nitrogens is 3. The third kappa shape index (κ3) is 4.69. The molecule has 0 saturated heterocycles. The van der Waals surface area contributed by atoms with Crippen LogP contribution in [0.4, 0.5) is 5.95 Å². The first-order valence-electron chi connectivity index (χ1n) is 6.67. The lowest BCUT2D eigenvalue weighted by Gasteiger charge is -2.11. The van der Waals surface area contributed by atoms with Gasteiger partial charge >= 0.3 is 12.0 Å².